The van der Waals surface area contributed by atoms with Crippen LogP contribution in [-0.4, -0.2) is 29.8 Å². The highest BCUT2D eigenvalue weighted by atomic mass is 32.1. The predicted molar refractivity (Wildman–Crippen MR) is 73.8 cm³/mol. The number of nitro benzene ring substituents is 1. The molecule has 7 heteroatoms. The number of hydrogen-bond donors (Lipinski definition) is 2. The molecule has 6 nitrogen and oxygen atoms in total. The van der Waals surface area contributed by atoms with Crippen molar-refractivity contribution in [2.45, 2.75) is 13.0 Å². The van der Waals surface area contributed by atoms with Crippen molar-refractivity contribution in [3.63, 3.8) is 0 Å². The number of nitrogens with one attached hydrogen (secondary N) is 2. The van der Waals surface area contributed by atoms with Crippen LogP contribution in [-0.2, 0) is 4.74 Å². The molecule has 0 radical (unpaired) electrons. The molecule has 2 N–H and O–H groups in total. The minimum atomic E-state index is -0.444. The van der Waals surface area contributed by atoms with Crippen molar-refractivity contribution in [1.29, 1.82) is 0 Å². The maximum absolute atomic E-state index is 10.5. The van der Waals surface area contributed by atoms with Crippen molar-refractivity contribution in [3.8, 4) is 0 Å². The van der Waals surface area contributed by atoms with Gasteiger partial charge >= 0.3 is 0 Å². The van der Waals surface area contributed by atoms with E-state index >= 15 is 0 Å². The average molecular weight is 269 g/mol. The van der Waals surface area contributed by atoms with E-state index in [1.165, 1.54) is 12.1 Å². The smallest absolute Gasteiger partial charge is 0.269 e. The number of nitrogens with zero attached hydrogens (tertiary/aromatic N) is 1. The number of ether oxygens (including phenoxy) is 1. The van der Waals surface area contributed by atoms with Gasteiger partial charge in [-0.05, 0) is 31.3 Å². The van der Waals surface area contributed by atoms with E-state index < -0.39 is 4.92 Å². The molecule has 0 bridgehead atoms. The van der Waals surface area contributed by atoms with E-state index in [0.29, 0.717) is 17.3 Å². The van der Waals surface area contributed by atoms with Crippen molar-refractivity contribution in [3.05, 3.63) is 34.4 Å². The van der Waals surface area contributed by atoms with Gasteiger partial charge < -0.3 is 15.4 Å². The summed E-state index contributed by atoms with van der Waals surface area (Å²) in [7, 11) is 1.62. The number of nitro groups is 1. The van der Waals surface area contributed by atoms with Crippen LogP contribution in [0.15, 0.2) is 24.3 Å². The molecule has 1 atom stereocenters. The lowest BCUT2D eigenvalue weighted by atomic mass is 10.3. The summed E-state index contributed by atoms with van der Waals surface area (Å²) in [5.74, 6) is 0. The van der Waals surface area contributed by atoms with Crippen molar-refractivity contribution in [2.24, 2.45) is 0 Å². The van der Waals surface area contributed by atoms with Crippen LogP contribution in [0, 0.1) is 10.1 Å². The minimum Gasteiger partial charge on any atom is -0.380 e. The third kappa shape index (κ3) is 4.64. The third-order valence-corrected chi connectivity index (χ3v) is 2.53. The SMILES string of the molecule is COC(C)CNC(=S)Nc1ccc([N+](=O)[O-])cc1. The van der Waals surface area contributed by atoms with Gasteiger partial charge in [-0.2, -0.15) is 0 Å². The fourth-order valence-corrected chi connectivity index (χ4v) is 1.36. The second-order valence-electron chi connectivity index (χ2n) is 3.69. The minimum absolute atomic E-state index is 0.0485. The molecule has 1 aromatic rings. The molecule has 0 aliphatic heterocycles. The molecule has 0 saturated heterocycles. The fraction of sp³-hybridized carbons (Fsp3) is 0.364. The lowest BCUT2D eigenvalue weighted by Gasteiger charge is -2.13. The number of benzene rings is 1. The van der Waals surface area contributed by atoms with Crippen molar-refractivity contribution >= 4 is 28.7 Å². The van der Waals surface area contributed by atoms with Crippen LogP contribution in [0.3, 0.4) is 0 Å². The van der Waals surface area contributed by atoms with Crippen LogP contribution in [0.2, 0.25) is 0 Å². The molecule has 0 spiro atoms. The molecule has 0 heterocycles. The van der Waals surface area contributed by atoms with Crippen molar-refractivity contribution < 1.29 is 9.66 Å². The van der Waals surface area contributed by atoms with Gasteiger partial charge in [0.05, 0.1) is 11.0 Å². The Balaban J connectivity index is 2.47. The highest BCUT2D eigenvalue weighted by Gasteiger charge is 2.05. The van der Waals surface area contributed by atoms with E-state index in [2.05, 4.69) is 10.6 Å². The first-order chi connectivity index (χ1) is 8.52. The Hall–Kier alpha value is -1.73. The zero-order chi connectivity index (χ0) is 13.5. The topological polar surface area (TPSA) is 76.4 Å². The Morgan fingerprint density at radius 3 is 2.61 bits per heavy atom. The summed E-state index contributed by atoms with van der Waals surface area (Å²) in [6.45, 7) is 2.51. The van der Waals surface area contributed by atoms with Crippen molar-refractivity contribution in [2.75, 3.05) is 19.0 Å². The van der Waals surface area contributed by atoms with Gasteiger partial charge in [-0.3, -0.25) is 10.1 Å². The number of thiocarbonyl (C=S) groups is 1. The first-order valence-corrected chi connectivity index (χ1v) is 5.76. The van der Waals surface area contributed by atoms with Gasteiger partial charge in [0.2, 0.25) is 0 Å². The van der Waals surface area contributed by atoms with Crippen LogP contribution < -0.4 is 10.6 Å². The standard InChI is InChI=1S/C11H15N3O3S/c1-8(17-2)7-12-11(18)13-9-3-5-10(6-4-9)14(15)16/h3-6,8H,7H2,1-2H3,(H2,12,13,18). The summed E-state index contributed by atoms with van der Waals surface area (Å²) < 4.78 is 5.07. The molecule has 0 aromatic heterocycles. The summed E-state index contributed by atoms with van der Waals surface area (Å²) in [6, 6.07) is 6.04. The van der Waals surface area contributed by atoms with E-state index in [0.717, 1.165) is 0 Å². The lowest BCUT2D eigenvalue weighted by molar-refractivity contribution is -0.384. The molecule has 0 aliphatic rings. The van der Waals surface area contributed by atoms with E-state index in [4.69, 9.17) is 17.0 Å². The predicted octanol–water partition coefficient (Wildman–Crippen LogP) is 1.92. The van der Waals surface area contributed by atoms with Gasteiger partial charge in [0, 0.05) is 31.5 Å². The summed E-state index contributed by atoms with van der Waals surface area (Å²) >= 11 is 5.08. The second-order valence-corrected chi connectivity index (χ2v) is 4.09. The van der Waals surface area contributed by atoms with E-state index in [-0.39, 0.29) is 11.8 Å². The first-order valence-electron chi connectivity index (χ1n) is 5.35. The molecule has 98 valence electrons. The summed E-state index contributed by atoms with van der Waals surface area (Å²) in [5.41, 5.74) is 0.746. The molecule has 1 unspecified atom stereocenters. The zero-order valence-electron chi connectivity index (χ0n) is 10.2. The van der Waals surface area contributed by atoms with Crippen molar-refractivity contribution in [1.82, 2.24) is 5.32 Å². The summed E-state index contributed by atoms with van der Waals surface area (Å²) in [6.07, 6.45) is 0.0570. The van der Waals surface area contributed by atoms with Crippen LogP contribution in [0.1, 0.15) is 6.92 Å². The first kappa shape index (κ1) is 14.3. The normalized spacial score (nSPS) is 11.7. The van der Waals surface area contributed by atoms with Crippen LogP contribution in [0.25, 0.3) is 0 Å². The fourth-order valence-electron chi connectivity index (χ4n) is 1.16. The van der Waals surface area contributed by atoms with Crippen LogP contribution in [0.5, 0.6) is 0 Å². The Bertz CT molecular complexity index is 422. The molecular weight excluding hydrogens is 254 g/mol. The van der Waals surface area contributed by atoms with Crippen LogP contribution in [0.4, 0.5) is 11.4 Å². The lowest BCUT2D eigenvalue weighted by Crippen LogP contribution is -2.34. The Morgan fingerprint density at radius 1 is 1.50 bits per heavy atom. The molecule has 0 amide bonds. The van der Waals surface area contributed by atoms with Gasteiger partial charge in [-0.25, -0.2) is 0 Å². The second kappa shape index (κ2) is 6.87. The molecule has 18 heavy (non-hydrogen) atoms. The number of rotatable bonds is 5. The number of hydrogen-bond acceptors (Lipinski definition) is 4. The van der Waals surface area contributed by atoms with Gasteiger partial charge in [-0.15, -0.1) is 0 Å². The Kier molecular flexibility index (Phi) is 5.47. The van der Waals surface area contributed by atoms with E-state index in [1.54, 1.807) is 19.2 Å². The van der Waals surface area contributed by atoms with Gasteiger partial charge in [0.25, 0.3) is 5.69 Å². The Morgan fingerprint density at radius 2 is 2.11 bits per heavy atom. The maximum atomic E-state index is 10.5. The van der Waals surface area contributed by atoms with E-state index in [9.17, 15) is 10.1 Å². The third-order valence-electron chi connectivity index (χ3n) is 2.29. The van der Waals surface area contributed by atoms with Crippen LogP contribution >= 0.6 is 12.2 Å². The van der Waals surface area contributed by atoms with Gasteiger partial charge in [0.1, 0.15) is 0 Å². The monoisotopic (exact) mass is 269 g/mol. The number of anilines is 1. The average Bonchev–Trinajstić information content (AvgIpc) is 2.36. The number of methoxy groups -OCH3 is 1. The van der Waals surface area contributed by atoms with Gasteiger partial charge in [-0.1, -0.05) is 0 Å². The maximum Gasteiger partial charge on any atom is 0.269 e. The summed E-state index contributed by atoms with van der Waals surface area (Å²) in [5, 5.41) is 16.8. The highest BCUT2D eigenvalue weighted by Crippen LogP contribution is 2.15. The quantitative estimate of drug-likeness (QED) is 0.483. The highest BCUT2D eigenvalue weighted by molar-refractivity contribution is 7.80. The molecule has 0 saturated carbocycles. The zero-order valence-corrected chi connectivity index (χ0v) is 11.0. The molecule has 0 fully saturated rings. The molecule has 1 aromatic carbocycles. The van der Waals surface area contributed by atoms with Gasteiger partial charge in [0.15, 0.2) is 5.11 Å². The molecular formula is C11H15N3O3S. The number of non-ortho nitro benzene ring substituents is 1. The Labute approximate surface area is 110 Å². The van der Waals surface area contributed by atoms with E-state index in [1.807, 2.05) is 6.92 Å². The summed E-state index contributed by atoms with van der Waals surface area (Å²) in [4.78, 5) is 10.0. The largest absolute Gasteiger partial charge is 0.380 e. The molecule has 1 rings (SSSR count). The molecule has 0 aliphatic carbocycles.